The maximum Gasteiger partial charge on any atom is 0.352 e. The molecule has 0 aliphatic heterocycles. The number of amides is 1. The van der Waals surface area contributed by atoms with Crippen LogP contribution in [0.5, 0.6) is 0 Å². The lowest BCUT2D eigenvalue weighted by molar-refractivity contribution is -0.201. The van der Waals surface area contributed by atoms with E-state index in [0.717, 1.165) is 6.42 Å². The first-order valence-corrected chi connectivity index (χ1v) is 6.90. The molecule has 1 heterocycles. The van der Waals surface area contributed by atoms with Crippen LogP contribution in [0.3, 0.4) is 0 Å². The lowest BCUT2D eigenvalue weighted by Gasteiger charge is -2.37. The average molecular weight is 303 g/mol. The van der Waals surface area contributed by atoms with Crippen molar-refractivity contribution in [3.05, 3.63) is 5.82 Å². The van der Waals surface area contributed by atoms with Gasteiger partial charge in [-0.25, -0.2) is 0 Å². The second-order valence-corrected chi connectivity index (χ2v) is 5.31. The van der Waals surface area contributed by atoms with Crippen LogP contribution in [0, 0.1) is 0 Å². The number of rotatable bonds is 5. The molecule has 1 aliphatic rings. The van der Waals surface area contributed by atoms with Crippen LogP contribution in [0.2, 0.25) is 0 Å². The van der Waals surface area contributed by atoms with Gasteiger partial charge in [0.15, 0.2) is 0 Å². The molecular weight excluding hydrogens is 284 g/mol. The predicted molar refractivity (Wildman–Crippen MR) is 70.5 cm³/mol. The van der Waals surface area contributed by atoms with E-state index in [0.29, 0.717) is 18.7 Å². The second kappa shape index (κ2) is 5.92. The summed E-state index contributed by atoms with van der Waals surface area (Å²) in [5, 5.41) is 18.3. The molecule has 0 saturated heterocycles. The number of aromatic amines is 1. The number of carbonyl (C=O) groups is 1. The Labute approximate surface area is 120 Å². The van der Waals surface area contributed by atoms with Gasteiger partial charge >= 0.3 is 5.92 Å². The molecule has 2 rings (SSSR count). The summed E-state index contributed by atoms with van der Waals surface area (Å²) < 4.78 is 28.2. The van der Waals surface area contributed by atoms with Crippen LogP contribution in [0.4, 0.5) is 14.7 Å². The minimum Gasteiger partial charge on any atom is -0.383 e. The molecule has 7 nitrogen and oxygen atoms in total. The third-order valence-corrected chi connectivity index (χ3v) is 3.75. The number of carbonyl (C=O) groups excluding carboxylic acids is 1. The molecule has 0 bridgehead atoms. The minimum atomic E-state index is -3.80. The first-order chi connectivity index (χ1) is 9.85. The molecule has 5 N–H and O–H groups in total. The Morgan fingerprint density at radius 2 is 2.10 bits per heavy atom. The Morgan fingerprint density at radius 1 is 1.43 bits per heavy atom. The first-order valence-electron chi connectivity index (χ1n) is 6.90. The van der Waals surface area contributed by atoms with Crippen LogP contribution in [-0.4, -0.2) is 44.3 Å². The third kappa shape index (κ3) is 3.29. The summed E-state index contributed by atoms with van der Waals surface area (Å²) >= 11 is 0. The third-order valence-electron chi connectivity index (χ3n) is 3.75. The highest BCUT2D eigenvalue weighted by Gasteiger charge is 2.57. The summed E-state index contributed by atoms with van der Waals surface area (Å²) in [5.41, 5.74) is 3.06. The number of nitrogens with two attached hydrogens (primary N) is 1. The molecule has 1 saturated carbocycles. The SMILES string of the molecule is Nc1n[nH]c(CCNC(=O)C(F)(F)C2(O)CCCCC2)n1. The van der Waals surface area contributed by atoms with Gasteiger partial charge in [0.1, 0.15) is 11.4 Å². The van der Waals surface area contributed by atoms with Gasteiger partial charge in [-0.05, 0) is 12.8 Å². The minimum absolute atomic E-state index is 0.0425. The fourth-order valence-electron chi connectivity index (χ4n) is 2.49. The number of H-pyrrole nitrogens is 1. The van der Waals surface area contributed by atoms with Crippen molar-refractivity contribution in [2.75, 3.05) is 12.3 Å². The van der Waals surface area contributed by atoms with Crippen molar-refractivity contribution < 1.29 is 18.7 Å². The van der Waals surface area contributed by atoms with Gasteiger partial charge in [0.2, 0.25) is 5.95 Å². The summed E-state index contributed by atoms with van der Waals surface area (Å²) in [6, 6.07) is 0. The number of aromatic nitrogens is 3. The van der Waals surface area contributed by atoms with E-state index in [1.54, 1.807) is 0 Å². The van der Waals surface area contributed by atoms with Crippen molar-refractivity contribution >= 4 is 11.9 Å². The van der Waals surface area contributed by atoms with Crippen molar-refractivity contribution in [2.24, 2.45) is 0 Å². The number of nitrogen functional groups attached to an aromatic ring is 1. The van der Waals surface area contributed by atoms with Gasteiger partial charge in [0, 0.05) is 13.0 Å². The van der Waals surface area contributed by atoms with Gasteiger partial charge in [-0.15, -0.1) is 5.10 Å². The van der Waals surface area contributed by atoms with Crippen LogP contribution < -0.4 is 11.1 Å². The van der Waals surface area contributed by atoms with E-state index >= 15 is 0 Å². The quantitative estimate of drug-likeness (QED) is 0.627. The standard InChI is InChI=1S/C12H19F2N5O2/c13-12(14,11(21)5-2-1-3-6-11)9(20)16-7-4-8-17-10(15)19-18-8/h21H,1-7H2,(H,16,20)(H3,15,17,18,19). The maximum absolute atomic E-state index is 14.1. The van der Waals surface area contributed by atoms with Crippen molar-refractivity contribution in [1.29, 1.82) is 0 Å². The highest BCUT2D eigenvalue weighted by atomic mass is 19.3. The number of hydrogen-bond donors (Lipinski definition) is 4. The molecule has 1 fully saturated rings. The number of nitrogens with one attached hydrogen (secondary N) is 2. The van der Waals surface area contributed by atoms with Gasteiger partial charge in [-0.1, -0.05) is 19.3 Å². The summed E-state index contributed by atoms with van der Waals surface area (Å²) in [7, 11) is 0. The summed E-state index contributed by atoms with van der Waals surface area (Å²) in [6.45, 7) is -0.0425. The van der Waals surface area contributed by atoms with Crippen LogP contribution in [-0.2, 0) is 11.2 Å². The zero-order chi connectivity index (χ0) is 15.5. The molecule has 21 heavy (non-hydrogen) atoms. The number of nitrogens with zero attached hydrogens (tertiary/aromatic N) is 2. The molecule has 1 aromatic heterocycles. The molecule has 0 spiro atoms. The van der Waals surface area contributed by atoms with E-state index in [2.05, 4.69) is 20.5 Å². The van der Waals surface area contributed by atoms with E-state index in [1.165, 1.54) is 0 Å². The van der Waals surface area contributed by atoms with E-state index in [4.69, 9.17) is 5.73 Å². The van der Waals surface area contributed by atoms with Gasteiger partial charge in [0.25, 0.3) is 5.91 Å². The van der Waals surface area contributed by atoms with E-state index in [1.807, 2.05) is 0 Å². The number of hydrogen-bond acceptors (Lipinski definition) is 5. The monoisotopic (exact) mass is 303 g/mol. The van der Waals surface area contributed by atoms with Gasteiger partial charge in [0.05, 0.1) is 0 Å². The van der Waals surface area contributed by atoms with Crippen LogP contribution in [0.25, 0.3) is 0 Å². The van der Waals surface area contributed by atoms with Crippen LogP contribution in [0.1, 0.15) is 37.9 Å². The molecule has 0 unspecified atom stereocenters. The highest BCUT2D eigenvalue weighted by molar-refractivity contribution is 5.84. The Hall–Kier alpha value is -1.77. The second-order valence-electron chi connectivity index (χ2n) is 5.31. The Morgan fingerprint density at radius 3 is 2.67 bits per heavy atom. The summed E-state index contributed by atoms with van der Waals surface area (Å²) in [6.07, 6.45) is 1.86. The Kier molecular flexibility index (Phi) is 4.40. The Balaban J connectivity index is 1.89. The number of halogens is 2. The molecule has 0 atom stereocenters. The molecule has 0 aromatic carbocycles. The molecule has 0 radical (unpaired) electrons. The van der Waals surface area contributed by atoms with Gasteiger partial charge < -0.3 is 16.2 Å². The number of anilines is 1. The number of aliphatic hydroxyl groups is 1. The molecule has 1 aliphatic carbocycles. The molecule has 9 heteroatoms. The molecule has 118 valence electrons. The van der Waals surface area contributed by atoms with E-state index in [-0.39, 0.29) is 31.8 Å². The predicted octanol–water partition coefficient (Wildman–Crippen LogP) is 0.376. The average Bonchev–Trinajstić information content (AvgIpc) is 2.85. The van der Waals surface area contributed by atoms with Crippen molar-refractivity contribution in [1.82, 2.24) is 20.5 Å². The normalized spacial score (nSPS) is 18.4. The smallest absolute Gasteiger partial charge is 0.352 e. The van der Waals surface area contributed by atoms with E-state index < -0.39 is 17.4 Å². The van der Waals surface area contributed by atoms with Crippen molar-refractivity contribution in [3.8, 4) is 0 Å². The fraction of sp³-hybridized carbons (Fsp3) is 0.750. The largest absolute Gasteiger partial charge is 0.383 e. The highest BCUT2D eigenvalue weighted by Crippen LogP contribution is 2.40. The van der Waals surface area contributed by atoms with Gasteiger partial charge in [-0.2, -0.15) is 13.8 Å². The molecular formula is C12H19F2N5O2. The van der Waals surface area contributed by atoms with Crippen LogP contribution in [0.15, 0.2) is 0 Å². The topological polar surface area (TPSA) is 117 Å². The lowest BCUT2D eigenvalue weighted by Crippen LogP contribution is -2.58. The summed E-state index contributed by atoms with van der Waals surface area (Å²) in [4.78, 5) is 15.5. The first kappa shape index (κ1) is 15.6. The fourth-order valence-corrected chi connectivity index (χ4v) is 2.49. The van der Waals surface area contributed by atoms with Crippen molar-refractivity contribution in [3.63, 3.8) is 0 Å². The summed E-state index contributed by atoms with van der Waals surface area (Å²) in [5.74, 6) is -4.81. The van der Waals surface area contributed by atoms with Crippen molar-refractivity contribution in [2.45, 2.75) is 50.0 Å². The molecule has 1 amide bonds. The zero-order valence-corrected chi connectivity index (χ0v) is 11.5. The van der Waals surface area contributed by atoms with Crippen LogP contribution >= 0.6 is 0 Å². The zero-order valence-electron chi connectivity index (χ0n) is 11.5. The lowest BCUT2D eigenvalue weighted by atomic mass is 9.79. The molecule has 1 aromatic rings. The van der Waals surface area contributed by atoms with E-state index in [9.17, 15) is 18.7 Å². The maximum atomic E-state index is 14.1. The number of alkyl halides is 2. The van der Waals surface area contributed by atoms with Gasteiger partial charge in [-0.3, -0.25) is 9.89 Å². The Bertz CT molecular complexity index is 500.